The molecule has 1 aromatic rings. The first kappa shape index (κ1) is 11.3. The molecule has 1 N–H and O–H groups in total. The van der Waals surface area contributed by atoms with Gasteiger partial charge in [-0.25, -0.2) is 4.39 Å². The first-order valence-corrected chi connectivity index (χ1v) is 5.46. The van der Waals surface area contributed by atoms with Gasteiger partial charge in [-0.05, 0) is 43.0 Å². The largest absolute Gasteiger partial charge is 0.494 e. The molecule has 4 heteroatoms. The van der Waals surface area contributed by atoms with Crippen molar-refractivity contribution < 1.29 is 13.5 Å². The van der Waals surface area contributed by atoms with Gasteiger partial charge < -0.3 is 10.1 Å². The second-order valence-electron chi connectivity index (χ2n) is 4.06. The third-order valence-electron chi connectivity index (χ3n) is 3.01. The lowest BCUT2D eigenvalue weighted by atomic mass is 9.91. The quantitative estimate of drug-likeness (QED) is 0.837. The summed E-state index contributed by atoms with van der Waals surface area (Å²) >= 11 is 0. The van der Waals surface area contributed by atoms with E-state index in [1.807, 2.05) is 0 Å². The fourth-order valence-electron chi connectivity index (χ4n) is 2.10. The van der Waals surface area contributed by atoms with Crippen LogP contribution in [0.2, 0.25) is 0 Å². The minimum absolute atomic E-state index is 0.0134. The lowest BCUT2D eigenvalue weighted by Gasteiger charge is -2.23. The zero-order valence-corrected chi connectivity index (χ0v) is 9.22. The van der Waals surface area contributed by atoms with Crippen molar-refractivity contribution in [2.75, 3.05) is 20.2 Å². The second-order valence-corrected chi connectivity index (χ2v) is 4.06. The highest BCUT2D eigenvalue weighted by Gasteiger charge is 2.19. The predicted octanol–water partition coefficient (Wildman–Crippen LogP) is 2.44. The van der Waals surface area contributed by atoms with Crippen LogP contribution in [0, 0.1) is 11.6 Å². The van der Waals surface area contributed by atoms with Crippen LogP contribution in [-0.2, 0) is 0 Å². The van der Waals surface area contributed by atoms with E-state index in [-0.39, 0.29) is 11.7 Å². The molecule has 1 aromatic carbocycles. The van der Waals surface area contributed by atoms with Crippen LogP contribution in [0.5, 0.6) is 5.75 Å². The van der Waals surface area contributed by atoms with Crippen molar-refractivity contribution in [3.63, 3.8) is 0 Å². The normalized spacial score (nSPS) is 20.8. The molecule has 0 bridgehead atoms. The fourth-order valence-corrected chi connectivity index (χ4v) is 2.10. The van der Waals surface area contributed by atoms with E-state index in [0.29, 0.717) is 0 Å². The van der Waals surface area contributed by atoms with Gasteiger partial charge in [0, 0.05) is 6.54 Å². The number of halogens is 2. The zero-order valence-electron chi connectivity index (χ0n) is 9.22. The van der Waals surface area contributed by atoms with E-state index in [1.165, 1.54) is 13.2 Å². The summed E-state index contributed by atoms with van der Waals surface area (Å²) in [6.07, 6.45) is 2.06. The molecule has 1 aliphatic heterocycles. The molecule has 0 radical (unpaired) electrons. The molecule has 2 rings (SSSR count). The Morgan fingerprint density at radius 3 is 2.81 bits per heavy atom. The molecule has 1 heterocycles. The minimum Gasteiger partial charge on any atom is -0.494 e. The van der Waals surface area contributed by atoms with E-state index >= 15 is 0 Å². The van der Waals surface area contributed by atoms with Gasteiger partial charge in [-0.1, -0.05) is 0 Å². The van der Waals surface area contributed by atoms with Crippen LogP contribution in [0.4, 0.5) is 8.78 Å². The number of nitrogens with one attached hydrogen (secondary N) is 1. The maximum absolute atomic E-state index is 13.3. The molecular formula is C12H15F2NO. The van der Waals surface area contributed by atoms with Crippen LogP contribution in [0.25, 0.3) is 0 Å². The van der Waals surface area contributed by atoms with Gasteiger partial charge in [0.2, 0.25) is 5.82 Å². The van der Waals surface area contributed by atoms with Crippen LogP contribution in [0.15, 0.2) is 12.1 Å². The molecule has 1 unspecified atom stereocenters. The van der Waals surface area contributed by atoms with Crippen molar-refractivity contribution >= 4 is 0 Å². The number of benzene rings is 1. The van der Waals surface area contributed by atoms with E-state index in [1.54, 1.807) is 6.07 Å². The highest BCUT2D eigenvalue weighted by Crippen LogP contribution is 2.29. The molecule has 1 fully saturated rings. The minimum atomic E-state index is -0.907. The highest BCUT2D eigenvalue weighted by molar-refractivity contribution is 5.33. The van der Waals surface area contributed by atoms with Crippen molar-refractivity contribution in [1.82, 2.24) is 5.32 Å². The molecule has 16 heavy (non-hydrogen) atoms. The second kappa shape index (κ2) is 4.78. The van der Waals surface area contributed by atoms with Gasteiger partial charge in [-0.2, -0.15) is 4.39 Å². The van der Waals surface area contributed by atoms with E-state index in [2.05, 4.69) is 5.32 Å². The van der Waals surface area contributed by atoms with E-state index in [0.717, 1.165) is 31.5 Å². The summed E-state index contributed by atoms with van der Waals surface area (Å²) in [5, 5.41) is 3.25. The van der Waals surface area contributed by atoms with Gasteiger partial charge in [0.25, 0.3) is 0 Å². The molecule has 0 aliphatic carbocycles. The smallest absolute Gasteiger partial charge is 0.200 e. The number of piperidine rings is 1. The van der Waals surface area contributed by atoms with Gasteiger partial charge in [-0.3, -0.25) is 0 Å². The Bertz CT molecular complexity index is 376. The standard InChI is InChI=1S/C12H15F2NO/c1-16-11-6-9(5-10(13)12(11)14)8-3-2-4-15-7-8/h5-6,8,15H,2-4,7H2,1H3. The van der Waals surface area contributed by atoms with Gasteiger partial charge in [0.15, 0.2) is 11.6 Å². The van der Waals surface area contributed by atoms with Crippen LogP contribution in [0.3, 0.4) is 0 Å². The molecule has 0 spiro atoms. The summed E-state index contributed by atoms with van der Waals surface area (Å²) in [4.78, 5) is 0. The number of rotatable bonds is 2. The summed E-state index contributed by atoms with van der Waals surface area (Å²) in [6, 6.07) is 2.87. The molecule has 0 amide bonds. The van der Waals surface area contributed by atoms with Crippen molar-refractivity contribution in [3.05, 3.63) is 29.3 Å². The van der Waals surface area contributed by atoms with Crippen molar-refractivity contribution in [3.8, 4) is 5.75 Å². The van der Waals surface area contributed by atoms with Gasteiger partial charge in [0.1, 0.15) is 0 Å². The summed E-state index contributed by atoms with van der Waals surface area (Å²) in [6.45, 7) is 1.81. The number of methoxy groups -OCH3 is 1. The Balaban J connectivity index is 2.29. The summed E-state index contributed by atoms with van der Waals surface area (Å²) < 4.78 is 31.4. The maximum Gasteiger partial charge on any atom is 0.200 e. The Morgan fingerprint density at radius 1 is 1.38 bits per heavy atom. The average molecular weight is 227 g/mol. The Kier molecular flexibility index (Phi) is 3.39. The first-order valence-electron chi connectivity index (χ1n) is 5.46. The molecule has 0 aromatic heterocycles. The van der Waals surface area contributed by atoms with Crippen LogP contribution in [-0.4, -0.2) is 20.2 Å². The fraction of sp³-hybridized carbons (Fsp3) is 0.500. The Hall–Kier alpha value is -1.16. The average Bonchev–Trinajstić information content (AvgIpc) is 2.33. The number of hydrogen-bond donors (Lipinski definition) is 1. The number of ether oxygens (including phenoxy) is 1. The highest BCUT2D eigenvalue weighted by atomic mass is 19.2. The lowest BCUT2D eigenvalue weighted by molar-refractivity contribution is 0.368. The molecule has 1 aliphatic rings. The monoisotopic (exact) mass is 227 g/mol. The molecule has 88 valence electrons. The van der Waals surface area contributed by atoms with E-state index in [9.17, 15) is 8.78 Å². The van der Waals surface area contributed by atoms with Crippen molar-refractivity contribution in [2.24, 2.45) is 0 Å². The van der Waals surface area contributed by atoms with E-state index < -0.39 is 11.6 Å². The first-order chi connectivity index (χ1) is 7.72. The summed E-state index contributed by atoms with van der Waals surface area (Å²) in [7, 11) is 1.35. The predicted molar refractivity (Wildman–Crippen MR) is 57.8 cm³/mol. The van der Waals surface area contributed by atoms with Crippen LogP contribution in [0.1, 0.15) is 24.3 Å². The molecule has 1 atom stereocenters. The zero-order chi connectivity index (χ0) is 11.5. The third kappa shape index (κ3) is 2.16. The molecule has 1 saturated heterocycles. The number of hydrogen-bond acceptors (Lipinski definition) is 2. The summed E-state index contributed by atoms with van der Waals surface area (Å²) in [5.74, 6) is -1.51. The van der Waals surface area contributed by atoms with Crippen molar-refractivity contribution in [2.45, 2.75) is 18.8 Å². The Morgan fingerprint density at radius 2 is 2.19 bits per heavy atom. The van der Waals surface area contributed by atoms with E-state index in [4.69, 9.17) is 4.74 Å². The molecular weight excluding hydrogens is 212 g/mol. The van der Waals surface area contributed by atoms with Crippen molar-refractivity contribution in [1.29, 1.82) is 0 Å². The Labute approximate surface area is 93.6 Å². The van der Waals surface area contributed by atoms with Gasteiger partial charge in [-0.15, -0.1) is 0 Å². The van der Waals surface area contributed by atoms with Crippen LogP contribution < -0.4 is 10.1 Å². The lowest BCUT2D eigenvalue weighted by Crippen LogP contribution is -2.28. The molecule has 2 nitrogen and oxygen atoms in total. The maximum atomic E-state index is 13.3. The SMILES string of the molecule is COc1cc(C2CCCNC2)cc(F)c1F. The third-order valence-corrected chi connectivity index (χ3v) is 3.01. The van der Waals surface area contributed by atoms with Gasteiger partial charge in [0.05, 0.1) is 7.11 Å². The molecule has 0 saturated carbocycles. The van der Waals surface area contributed by atoms with Gasteiger partial charge >= 0.3 is 0 Å². The van der Waals surface area contributed by atoms with Crippen LogP contribution >= 0.6 is 0 Å². The topological polar surface area (TPSA) is 21.3 Å². The summed E-state index contributed by atoms with van der Waals surface area (Å²) in [5.41, 5.74) is 0.808.